The number of hydrogen-bond acceptors (Lipinski definition) is 5. The molecule has 2 atom stereocenters. The van der Waals surface area contributed by atoms with E-state index in [-0.39, 0.29) is 5.41 Å². The SMILES string of the molecule is CC(C)C(C)(C)CCOCCn1c(-c2ccc(N3[C@@H](C)CC[C@@H]3C)nc2)nc2cc(N)ccc21. The van der Waals surface area contributed by atoms with Gasteiger partial charge in [-0.15, -0.1) is 0 Å². The standard InChI is InChI=1S/C28H41N5O/c1-19(2)28(5,6)13-15-34-16-14-32-25-11-10-23(29)17-24(25)31-27(32)22-9-12-26(30-18-22)33-20(3)7-8-21(33)4/h9-12,17-21H,7-8,13-16,29H2,1-6H3/t20-,21-/m0/s1. The molecule has 0 saturated carbocycles. The van der Waals surface area contributed by atoms with Crippen molar-refractivity contribution < 1.29 is 4.74 Å². The average molecular weight is 464 g/mol. The highest BCUT2D eigenvalue weighted by Crippen LogP contribution is 2.32. The maximum Gasteiger partial charge on any atom is 0.142 e. The number of aromatic nitrogens is 3. The maximum absolute atomic E-state index is 6.07. The summed E-state index contributed by atoms with van der Waals surface area (Å²) in [6, 6.07) is 11.3. The lowest BCUT2D eigenvalue weighted by Crippen LogP contribution is -2.33. The largest absolute Gasteiger partial charge is 0.399 e. The van der Waals surface area contributed by atoms with Crippen LogP contribution in [0.25, 0.3) is 22.4 Å². The van der Waals surface area contributed by atoms with Crippen LogP contribution in [-0.2, 0) is 11.3 Å². The highest BCUT2D eigenvalue weighted by molar-refractivity contribution is 5.83. The van der Waals surface area contributed by atoms with E-state index in [1.807, 2.05) is 18.3 Å². The van der Waals surface area contributed by atoms with E-state index >= 15 is 0 Å². The minimum Gasteiger partial charge on any atom is -0.399 e. The zero-order valence-corrected chi connectivity index (χ0v) is 21.7. The Balaban J connectivity index is 1.54. The number of imidazole rings is 1. The van der Waals surface area contributed by atoms with Gasteiger partial charge in [-0.25, -0.2) is 9.97 Å². The predicted molar refractivity (Wildman–Crippen MR) is 142 cm³/mol. The molecule has 3 aromatic rings. The third-order valence-corrected chi connectivity index (χ3v) is 7.91. The molecule has 1 aromatic carbocycles. The van der Waals surface area contributed by atoms with Gasteiger partial charge in [0, 0.05) is 42.7 Å². The average Bonchev–Trinajstić information content (AvgIpc) is 3.32. The van der Waals surface area contributed by atoms with Crippen molar-refractivity contribution in [1.29, 1.82) is 0 Å². The Morgan fingerprint density at radius 1 is 1.09 bits per heavy atom. The number of nitrogen functional groups attached to an aromatic ring is 1. The van der Waals surface area contributed by atoms with Crippen LogP contribution in [0.15, 0.2) is 36.5 Å². The summed E-state index contributed by atoms with van der Waals surface area (Å²) in [5.41, 5.74) is 10.0. The summed E-state index contributed by atoms with van der Waals surface area (Å²) in [6.07, 6.45) is 5.45. The summed E-state index contributed by atoms with van der Waals surface area (Å²) in [5, 5.41) is 0. The van der Waals surface area contributed by atoms with Crippen LogP contribution in [0.4, 0.5) is 11.5 Å². The fourth-order valence-corrected chi connectivity index (χ4v) is 4.79. The van der Waals surface area contributed by atoms with Crippen LogP contribution in [0.3, 0.4) is 0 Å². The van der Waals surface area contributed by atoms with Gasteiger partial charge in [0.05, 0.1) is 17.6 Å². The molecule has 0 unspecified atom stereocenters. The molecule has 0 radical (unpaired) electrons. The molecule has 2 aromatic heterocycles. The number of rotatable bonds is 9. The maximum atomic E-state index is 6.07. The van der Waals surface area contributed by atoms with Crippen LogP contribution in [0.1, 0.15) is 60.8 Å². The lowest BCUT2D eigenvalue weighted by atomic mass is 9.79. The smallest absolute Gasteiger partial charge is 0.142 e. The second kappa shape index (κ2) is 9.95. The van der Waals surface area contributed by atoms with E-state index in [0.29, 0.717) is 24.6 Å². The van der Waals surface area contributed by atoms with E-state index in [1.165, 1.54) is 12.8 Å². The summed E-state index contributed by atoms with van der Waals surface area (Å²) in [4.78, 5) is 12.2. The normalized spacial score (nSPS) is 19.0. The Morgan fingerprint density at radius 3 is 2.47 bits per heavy atom. The van der Waals surface area contributed by atoms with Crippen molar-refractivity contribution in [1.82, 2.24) is 14.5 Å². The molecule has 0 bridgehead atoms. The van der Waals surface area contributed by atoms with Crippen LogP contribution in [0, 0.1) is 11.3 Å². The van der Waals surface area contributed by atoms with Gasteiger partial charge in [0.25, 0.3) is 0 Å². The Kier molecular flexibility index (Phi) is 7.17. The van der Waals surface area contributed by atoms with Crippen LogP contribution in [0.5, 0.6) is 0 Å². The molecule has 2 N–H and O–H groups in total. The molecule has 4 rings (SSSR count). The molecule has 6 nitrogen and oxygen atoms in total. The van der Waals surface area contributed by atoms with Gasteiger partial charge >= 0.3 is 0 Å². The van der Waals surface area contributed by atoms with Crippen molar-refractivity contribution in [3.05, 3.63) is 36.5 Å². The molecule has 1 saturated heterocycles. The third kappa shape index (κ3) is 5.07. The van der Waals surface area contributed by atoms with Crippen LogP contribution < -0.4 is 10.6 Å². The molecule has 1 aliphatic rings. The fraction of sp³-hybridized carbons (Fsp3) is 0.571. The molecule has 1 fully saturated rings. The van der Waals surface area contributed by atoms with Crippen molar-refractivity contribution in [2.75, 3.05) is 23.8 Å². The number of pyridine rings is 1. The number of nitrogens with zero attached hydrogens (tertiary/aromatic N) is 4. The van der Waals surface area contributed by atoms with Gasteiger partial charge in [-0.3, -0.25) is 0 Å². The second-order valence-corrected chi connectivity index (χ2v) is 10.9. The van der Waals surface area contributed by atoms with E-state index in [4.69, 9.17) is 20.4 Å². The quantitative estimate of drug-likeness (QED) is 0.305. The highest BCUT2D eigenvalue weighted by Gasteiger charge is 2.28. The fourth-order valence-electron chi connectivity index (χ4n) is 4.79. The number of nitrogens with two attached hydrogens (primary N) is 1. The van der Waals surface area contributed by atoms with Gasteiger partial charge in [0.1, 0.15) is 11.6 Å². The van der Waals surface area contributed by atoms with Crippen molar-refractivity contribution in [2.45, 2.75) is 79.4 Å². The third-order valence-electron chi connectivity index (χ3n) is 7.91. The molecular formula is C28H41N5O. The number of benzene rings is 1. The number of hydrogen-bond donors (Lipinski definition) is 1. The molecule has 0 amide bonds. The molecular weight excluding hydrogens is 422 g/mol. The Bertz CT molecular complexity index is 1090. The van der Waals surface area contributed by atoms with Crippen LogP contribution in [-0.4, -0.2) is 39.8 Å². The van der Waals surface area contributed by atoms with Crippen molar-refractivity contribution in [2.24, 2.45) is 11.3 Å². The molecule has 3 heterocycles. The first kappa shape index (κ1) is 24.5. The van der Waals surface area contributed by atoms with E-state index in [1.54, 1.807) is 0 Å². The predicted octanol–water partition coefficient (Wildman–Crippen LogP) is 6.15. The van der Waals surface area contributed by atoms with Gasteiger partial charge in [0.15, 0.2) is 0 Å². The first-order chi connectivity index (χ1) is 16.2. The molecule has 34 heavy (non-hydrogen) atoms. The second-order valence-electron chi connectivity index (χ2n) is 10.9. The van der Waals surface area contributed by atoms with Crippen molar-refractivity contribution in [3.63, 3.8) is 0 Å². The lowest BCUT2D eigenvalue weighted by Gasteiger charge is -2.29. The Hall–Kier alpha value is -2.60. The topological polar surface area (TPSA) is 69.2 Å². The van der Waals surface area contributed by atoms with E-state index in [2.05, 4.69) is 69.2 Å². The molecule has 0 aliphatic carbocycles. The van der Waals surface area contributed by atoms with Gasteiger partial charge < -0.3 is 19.9 Å². The minimum absolute atomic E-state index is 0.280. The summed E-state index contributed by atoms with van der Waals surface area (Å²) in [7, 11) is 0. The molecule has 0 spiro atoms. The summed E-state index contributed by atoms with van der Waals surface area (Å²) >= 11 is 0. The van der Waals surface area contributed by atoms with Gasteiger partial charge in [0.2, 0.25) is 0 Å². The lowest BCUT2D eigenvalue weighted by molar-refractivity contribution is 0.0837. The Labute approximate surface area is 204 Å². The minimum atomic E-state index is 0.280. The highest BCUT2D eigenvalue weighted by atomic mass is 16.5. The number of fused-ring (bicyclic) bond motifs is 1. The first-order valence-electron chi connectivity index (χ1n) is 12.8. The summed E-state index contributed by atoms with van der Waals surface area (Å²) in [6.45, 7) is 15.9. The number of ether oxygens (including phenoxy) is 1. The molecule has 1 aliphatic heterocycles. The van der Waals surface area contributed by atoms with Gasteiger partial charge in [-0.1, -0.05) is 27.7 Å². The van der Waals surface area contributed by atoms with Crippen LogP contribution >= 0.6 is 0 Å². The monoisotopic (exact) mass is 463 g/mol. The summed E-state index contributed by atoms with van der Waals surface area (Å²) < 4.78 is 8.31. The molecule has 184 valence electrons. The van der Waals surface area contributed by atoms with Crippen molar-refractivity contribution in [3.8, 4) is 11.4 Å². The van der Waals surface area contributed by atoms with E-state index in [0.717, 1.165) is 53.5 Å². The van der Waals surface area contributed by atoms with Gasteiger partial charge in [-0.2, -0.15) is 0 Å². The summed E-state index contributed by atoms with van der Waals surface area (Å²) in [5.74, 6) is 2.59. The first-order valence-corrected chi connectivity index (χ1v) is 12.8. The van der Waals surface area contributed by atoms with Crippen LogP contribution in [0.2, 0.25) is 0 Å². The van der Waals surface area contributed by atoms with E-state index < -0.39 is 0 Å². The Morgan fingerprint density at radius 2 is 1.82 bits per heavy atom. The van der Waals surface area contributed by atoms with Crippen molar-refractivity contribution >= 4 is 22.5 Å². The van der Waals surface area contributed by atoms with E-state index in [9.17, 15) is 0 Å². The zero-order valence-electron chi connectivity index (χ0n) is 21.7. The zero-order chi connectivity index (χ0) is 24.5. The number of anilines is 2. The van der Waals surface area contributed by atoms with Gasteiger partial charge in [-0.05, 0) is 74.8 Å². The molecule has 6 heteroatoms.